The lowest BCUT2D eigenvalue weighted by atomic mass is 10.1. The number of hydrogen-bond acceptors (Lipinski definition) is 3. The normalized spacial score (nSPS) is 16.7. The maximum atomic E-state index is 12.2. The minimum atomic E-state index is -0.134. The molecule has 1 heterocycles. The molecule has 138 valence electrons. The molecule has 1 aliphatic heterocycles. The third kappa shape index (κ3) is 5.23. The van der Waals surface area contributed by atoms with Crippen molar-refractivity contribution in [2.24, 2.45) is 5.92 Å². The highest BCUT2D eigenvalue weighted by molar-refractivity contribution is 5.89. The Balaban J connectivity index is 1.45. The van der Waals surface area contributed by atoms with Crippen LogP contribution in [-0.2, 0) is 6.54 Å². The number of nitrogens with one attached hydrogen (secondary N) is 2. The van der Waals surface area contributed by atoms with Gasteiger partial charge in [0, 0.05) is 37.6 Å². The van der Waals surface area contributed by atoms with E-state index in [9.17, 15) is 4.79 Å². The average Bonchev–Trinajstić information content (AvgIpc) is 3.09. The standard InChI is InChI=1S/C21H28N4O/c1-24(2)15-17-7-6-8-19(13-17)23-21(26)22-14-18-11-12-25(16-18)20-9-4-3-5-10-20/h3-10,13,18H,11-12,14-16H2,1-2H3,(H2,22,23,26)/t18-/m0/s1. The molecule has 5 nitrogen and oxygen atoms in total. The van der Waals surface area contributed by atoms with Crippen LogP contribution in [0.4, 0.5) is 16.2 Å². The lowest BCUT2D eigenvalue weighted by Crippen LogP contribution is -2.34. The highest BCUT2D eigenvalue weighted by atomic mass is 16.2. The van der Waals surface area contributed by atoms with Gasteiger partial charge in [-0.15, -0.1) is 0 Å². The van der Waals surface area contributed by atoms with Gasteiger partial charge in [0.1, 0.15) is 0 Å². The molecule has 2 aromatic carbocycles. The van der Waals surface area contributed by atoms with Crippen LogP contribution in [0.1, 0.15) is 12.0 Å². The molecule has 0 spiro atoms. The van der Waals surface area contributed by atoms with Crippen molar-refractivity contribution in [1.82, 2.24) is 10.2 Å². The van der Waals surface area contributed by atoms with Crippen LogP contribution in [0.5, 0.6) is 0 Å². The quantitative estimate of drug-likeness (QED) is 0.838. The van der Waals surface area contributed by atoms with Crippen molar-refractivity contribution in [3.05, 3.63) is 60.2 Å². The number of para-hydroxylation sites is 1. The van der Waals surface area contributed by atoms with Crippen molar-refractivity contribution < 1.29 is 4.79 Å². The van der Waals surface area contributed by atoms with Crippen LogP contribution in [0, 0.1) is 5.92 Å². The van der Waals surface area contributed by atoms with E-state index in [-0.39, 0.29) is 6.03 Å². The summed E-state index contributed by atoms with van der Waals surface area (Å²) >= 11 is 0. The first-order valence-corrected chi connectivity index (χ1v) is 9.18. The first-order chi connectivity index (χ1) is 12.6. The largest absolute Gasteiger partial charge is 0.371 e. The molecule has 0 aliphatic carbocycles. The highest BCUT2D eigenvalue weighted by Gasteiger charge is 2.22. The molecule has 0 aromatic heterocycles. The molecular formula is C21H28N4O. The summed E-state index contributed by atoms with van der Waals surface area (Å²) in [6.45, 7) is 3.59. The molecule has 5 heteroatoms. The van der Waals surface area contributed by atoms with Crippen LogP contribution in [-0.4, -0.2) is 44.7 Å². The second-order valence-corrected chi connectivity index (χ2v) is 7.21. The van der Waals surface area contributed by atoms with E-state index >= 15 is 0 Å². The molecule has 2 aromatic rings. The molecule has 0 radical (unpaired) electrons. The fourth-order valence-corrected chi connectivity index (χ4v) is 3.40. The second kappa shape index (κ2) is 8.72. The first-order valence-electron chi connectivity index (χ1n) is 9.18. The minimum absolute atomic E-state index is 0.134. The van der Waals surface area contributed by atoms with Gasteiger partial charge in [0.15, 0.2) is 0 Å². The van der Waals surface area contributed by atoms with Crippen LogP contribution < -0.4 is 15.5 Å². The van der Waals surface area contributed by atoms with Crippen molar-refractivity contribution in [1.29, 1.82) is 0 Å². The van der Waals surface area contributed by atoms with Crippen molar-refractivity contribution in [2.45, 2.75) is 13.0 Å². The van der Waals surface area contributed by atoms with E-state index in [1.165, 1.54) is 11.3 Å². The maximum absolute atomic E-state index is 12.2. The van der Waals surface area contributed by atoms with Gasteiger partial charge < -0.3 is 20.4 Å². The Hall–Kier alpha value is -2.53. The molecule has 2 N–H and O–H groups in total. The molecule has 1 atom stereocenters. The Labute approximate surface area is 156 Å². The minimum Gasteiger partial charge on any atom is -0.371 e. The molecule has 0 saturated carbocycles. The maximum Gasteiger partial charge on any atom is 0.319 e. The Morgan fingerprint density at radius 1 is 1.15 bits per heavy atom. The van der Waals surface area contributed by atoms with Crippen molar-refractivity contribution in [2.75, 3.05) is 43.9 Å². The van der Waals surface area contributed by atoms with E-state index in [1.54, 1.807) is 0 Å². The molecule has 26 heavy (non-hydrogen) atoms. The number of hydrogen-bond donors (Lipinski definition) is 2. The Morgan fingerprint density at radius 3 is 2.73 bits per heavy atom. The second-order valence-electron chi connectivity index (χ2n) is 7.21. The smallest absolute Gasteiger partial charge is 0.319 e. The van der Waals surface area contributed by atoms with Crippen LogP contribution in [0.25, 0.3) is 0 Å². The highest BCUT2D eigenvalue weighted by Crippen LogP contribution is 2.23. The predicted octanol–water partition coefficient (Wildman–Crippen LogP) is 3.40. The van der Waals surface area contributed by atoms with E-state index in [1.807, 2.05) is 38.4 Å². The SMILES string of the molecule is CN(C)Cc1cccc(NC(=O)NC[C@@H]2CCN(c3ccccc3)C2)c1. The zero-order chi connectivity index (χ0) is 18.4. The summed E-state index contributed by atoms with van der Waals surface area (Å²) in [5.41, 5.74) is 3.28. The van der Waals surface area contributed by atoms with Gasteiger partial charge in [-0.05, 0) is 56.3 Å². The average molecular weight is 352 g/mol. The number of rotatable bonds is 6. The summed E-state index contributed by atoms with van der Waals surface area (Å²) in [5, 5.41) is 5.96. The molecule has 1 fully saturated rings. The Morgan fingerprint density at radius 2 is 1.96 bits per heavy atom. The van der Waals surface area contributed by atoms with E-state index in [2.05, 4.69) is 50.8 Å². The summed E-state index contributed by atoms with van der Waals surface area (Å²) in [6.07, 6.45) is 1.10. The number of carbonyl (C=O) groups excluding carboxylic acids is 1. The van der Waals surface area contributed by atoms with Crippen molar-refractivity contribution >= 4 is 17.4 Å². The molecular weight excluding hydrogens is 324 g/mol. The van der Waals surface area contributed by atoms with E-state index in [0.717, 1.165) is 31.7 Å². The third-order valence-corrected chi connectivity index (χ3v) is 4.64. The predicted molar refractivity (Wildman–Crippen MR) is 108 cm³/mol. The van der Waals surface area contributed by atoms with Crippen LogP contribution in [0.15, 0.2) is 54.6 Å². The number of carbonyl (C=O) groups is 1. The zero-order valence-corrected chi connectivity index (χ0v) is 15.6. The summed E-state index contributed by atoms with van der Waals surface area (Å²) in [6, 6.07) is 18.3. The number of urea groups is 1. The fraction of sp³-hybridized carbons (Fsp3) is 0.381. The van der Waals surface area contributed by atoms with Gasteiger partial charge in [0.2, 0.25) is 0 Å². The summed E-state index contributed by atoms with van der Waals surface area (Å²) in [7, 11) is 4.07. The summed E-state index contributed by atoms with van der Waals surface area (Å²) < 4.78 is 0. The van der Waals surface area contributed by atoms with Gasteiger partial charge in [0.05, 0.1) is 0 Å². The van der Waals surface area contributed by atoms with Gasteiger partial charge in [-0.3, -0.25) is 0 Å². The van der Waals surface area contributed by atoms with Gasteiger partial charge in [-0.1, -0.05) is 30.3 Å². The number of amides is 2. The molecule has 0 unspecified atom stereocenters. The van der Waals surface area contributed by atoms with Crippen LogP contribution >= 0.6 is 0 Å². The molecule has 3 rings (SSSR count). The van der Waals surface area contributed by atoms with Gasteiger partial charge >= 0.3 is 6.03 Å². The monoisotopic (exact) mass is 352 g/mol. The van der Waals surface area contributed by atoms with E-state index < -0.39 is 0 Å². The van der Waals surface area contributed by atoms with Crippen LogP contribution in [0.2, 0.25) is 0 Å². The van der Waals surface area contributed by atoms with Gasteiger partial charge in [-0.25, -0.2) is 4.79 Å². The summed E-state index contributed by atoms with van der Waals surface area (Å²) in [4.78, 5) is 16.7. The molecule has 2 amide bonds. The fourth-order valence-electron chi connectivity index (χ4n) is 3.40. The number of benzene rings is 2. The van der Waals surface area contributed by atoms with Gasteiger partial charge in [-0.2, -0.15) is 0 Å². The van der Waals surface area contributed by atoms with Crippen molar-refractivity contribution in [3.63, 3.8) is 0 Å². The Kier molecular flexibility index (Phi) is 6.12. The molecule has 1 aliphatic rings. The summed E-state index contributed by atoms with van der Waals surface area (Å²) in [5.74, 6) is 0.487. The molecule has 0 bridgehead atoms. The van der Waals surface area contributed by atoms with Gasteiger partial charge in [0.25, 0.3) is 0 Å². The Bertz CT molecular complexity index is 717. The number of nitrogens with zero attached hydrogens (tertiary/aromatic N) is 2. The zero-order valence-electron chi connectivity index (χ0n) is 15.6. The van der Waals surface area contributed by atoms with E-state index in [4.69, 9.17) is 0 Å². The first kappa shape index (κ1) is 18.3. The molecule has 1 saturated heterocycles. The van der Waals surface area contributed by atoms with E-state index in [0.29, 0.717) is 12.5 Å². The lowest BCUT2D eigenvalue weighted by molar-refractivity contribution is 0.250. The van der Waals surface area contributed by atoms with Crippen molar-refractivity contribution in [3.8, 4) is 0 Å². The lowest BCUT2D eigenvalue weighted by Gasteiger charge is -2.18. The van der Waals surface area contributed by atoms with Crippen LogP contribution in [0.3, 0.4) is 0 Å². The topological polar surface area (TPSA) is 47.6 Å². The number of anilines is 2. The third-order valence-electron chi connectivity index (χ3n) is 4.64.